The van der Waals surface area contributed by atoms with E-state index in [4.69, 9.17) is 0 Å². The van der Waals surface area contributed by atoms with Crippen LogP contribution < -0.4 is 5.32 Å². The Hall–Kier alpha value is -0.340. The minimum atomic E-state index is 0.569. The highest BCUT2D eigenvalue weighted by Crippen LogP contribution is 2.27. The van der Waals surface area contributed by atoms with Gasteiger partial charge in [0, 0.05) is 15.8 Å². The molecule has 0 aliphatic rings. The number of unbranched alkanes of at least 4 members (excludes halogenated alkanes) is 8. The molecular formula is C19H35NS. The van der Waals surface area contributed by atoms with Gasteiger partial charge in [-0.25, -0.2) is 0 Å². The zero-order chi connectivity index (χ0) is 15.3. The molecule has 2 heteroatoms. The van der Waals surface area contributed by atoms with E-state index in [2.05, 4.69) is 38.3 Å². The molecule has 0 saturated carbocycles. The van der Waals surface area contributed by atoms with Gasteiger partial charge >= 0.3 is 0 Å². The maximum Gasteiger partial charge on any atom is 0.0412 e. The first-order valence-corrected chi connectivity index (χ1v) is 9.89. The number of aryl methyl sites for hydroxylation is 1. The Kier molecular flexibility index (Phi) is 10.9. The summed E-state index contributed by atoms with van der Waals surface area (Å²) in [5.41, 5.74) is 0. The van der Waals surface area contributed by atoms with E-state index in [-0.39, 0.29) is 0 Å². The fraction of sp³-hybridized carbons (Fsp3) is 0.789. The highest BCUT2D eigenvalue weighted by atomic mass is 32.1. The first kappa shape index (κ1) is 18.7. The van der Waals surface area contributed by atoms with Crippen LogP contribution in [-0.4, -0.2) is 7.05 Å². The van der Waals surface area contributed by atoms with E-state index in [1.165, 1.54) is 80.4 Å². The van der Waals surface area contributed by atoms with Crippen LogP contribution in [0.2, 0.25) is 0 Å². The lowest BCUT2D eigenvalue weighted by Crippen LogP contribution is -2.14. The summed E-state index contributed by atoms with van der Waals surface area (Å²) in [6.07, 6.45) is 15.2. The van der Waals surface area contributed by atoms with E-state index in [1.807, 2.05) is 11.3 Å². The Morgan fingerprint density at radius 1 is 0.905 bits per heavy atom. The molecule has 1 unspecified atom stereocenters. The third-order valence-corrected chi connectivity index (χ3v) is 5.66. The molecule has 122 valence electrons. The molecule has 1 aromatic heterocycles. The second-order valence-electron chi connectivity index (χ2n) is 6.12. The normalized spacial score (nSPS) is 12.7. The van der Waals surface area contributed by atoms with Crippen molar-refractivity contribution in [2.45, 2.75) is 90.5 Å². The summed E-state index contributed by atoms with van der Waals surface area (Å²) in [5, 5.41) is 3.49. The molecule has 21 heavy (non-hydrogen) atoms. The van der Waals surface area contributed by atoms with Crippen molar-refractivity contribution in [1.82, 2.24) is 5.32 Å². The zero-order valence-electron chi connectivity index (χ0n) is 14.4. The highest BCUT2D eigenvalue weighted by molar-refractivity contribution is 7.12. The van der Waals surface area contributed by atoms with Gasteiger partial charge in [0.2, 0.25) is 0 Å². The van der Waals surface area contributed by atoms with Crippen LogP contribution in [-0.2, 0) is 6.42 Å². The van der Waals surface area contributed by atoms with Gasteiger partial charge in [0.15, 0.2) is 0 Å². The van der Waals surface area contributed by atoms with Crippen molar-refractivity contribution >= 4 is 11.3 Å². The summed E-state index contributed by atoms with van der Waals surface area (Å²) in [5.74, 6) is 0. The van der Waals surface area contributed by atoms with E-state index >= 15 is 0 Å². The van der Waals surface area contributed by atoms with Crippen molar-refractivity contribution in [3.8, 4) is 0 Å². The van der Waals surface area contributed by atoms with Crippen LogP contribution in [0.25, 0.3) is 0 Å². The fourth-order valence-electron chi connectivity index (χ4n) is 2.86. The zero-order valence-corrected chi connectivity index (χ0v) is 15.2. The van der Waals surface area contributed by atoms with E-state index in [9.17, 15) is 0 Å². The average molecular weight is 310 g/mol. The van der Waals surface area contributed by atoms with Crippen molar-refractivity contribution in [3.63, 3.8) is 0 Å². The van der Waals surface area contributed by atoms with Crippen LogP contribution in [0.3, 0.4) is 0 Å². The summed E-state index contributed by atoms with van der Waals surface area (Å²) in [6, 6.07) is 5.18. The van der Waals surface area contributed by atoms with Crippen LogP contribution in [0, 0.1) is 0 Å². The number of rotatable bonds is 13. The summed E-state index contributed by atoms with van der Waals surface area (Å²) >= 11 is 1.98. The maximum absolute atomic E-state index is 3.49. The molecule has 0 radical (unpaired) electrons. The molecule has 0 fully saturated rings. The SMILES string of the molecule is CCCCCCCCCCCC(NC)c1ccc(CC)s1. The molecule has 1 atom stereocenters. The quantitative estimate of drug-likeness (QED) is 0.410. The van der Waals surface area contributed by atoms with E-state index < -0.39 is 0 Å². The van der Waals surface area contributed by atoms with Crippen molar-refractivity contribution in [1.29, 1.82) is 0 Å². The molecule has 1 aromatic rings. The van der Waals surface area contributed by atoms with Crippen molar-refractivity contribution < 1.29 is 0 Å². The summed E-state index contributed by atoms with van der Waals surface area (Å²) in [6.45, 7) is 4.53. The summed E-state index contributed by atoms with van der Waals surface area (Å²) in [7, 11) is 2.10. The second-order valence-corrected chi connectivity index (χ2v) is 7.32. The van der Waals surface area contributed by atoms with Gasteiger partial charge in [-0.3, -0.25) is 0 Å². The van der Waals surface area contributed by atoms with Crippen molar-refractivity contribution in [3.05, 3.63) is 21.9 Å². The Morgan fingerprint density at radius 3 is 2.05 bits per heavy atom. The molecule has 1 N–H and O–H groups in total. The Labute approximate surface area is 136 Å². The van der Waals surface area contributed by atoms with Gasteiger partial charge in [0.25, 0.3) is 0 Å². The van der Waals surface area contributed by atoms with E-state index in [0.29, 0.717) is 6.04 Å². The van der Waals surface area contributed by atoms with Crippen LogP contribution in [0.4, 0.5) is 0 Å². The first-order chi connectivity index (χ1) is 10.3. The minimum absolute atomic E-state index is 0.569. The summed E-state index contributed by atoms with van der Waals surface area (Å²) < 4.78 is 0. The van der Waals surface area contributed by atoms with Gasteiger partial charge in [-0.2, -0.15) is 0 Å². The molecule has 0 aliphatic carbocycles. The molecule has 0 amide bonds. The first-order valence-electron chi connectivity index (χ1n) is 9.07. The van der Waals surface area contributed by atoms with Crippen molar-refractivity contribution in [2.75, 3.05) is 7.05 Å². The topological polar surface area (TPSA) is 12.0 Å². The molecule has 0 aromatic carbocycles. The smallest absolute Gasteiger partial charge is 0.0412 e. The third kappa shape index (κ3) is 8.01. The van der Waals surface area contributed by atoms with Crippen molar-refractivity contribution in [2.24, 2.45) is 0 Å². The van der Waals surface area contributed by atoms with Crippen LogP contribution in [0.1, 0.15) is 93.9 Å². The monoisotopic (exact) mass is 309 g/mol. The van der Waals surface area contributed by atoms with Crippen LogP contribution in [0.15, 0.2) is 12.1 Å². The average Bonchev–Trinajstić information content (AvgIpc) is 2.98. The van der Waals surface area contributed by atoms with Gasteiger partial charge in [0.05, 0.1) is 0 Å². The van der Waals surface area contributed by atoms with Crippen LogP contribution >= 0.6 is 11.3 Å². The lowest BCUT2D eigenvalue weighted by atomic mass is 10.0. The molecule has 0 saturated heterocycles. The van der Waals surface area contributed by atoms with Gasteiger partial charge in [-0.1, -0.05) is 71.6 Å². The lowest BCUT2D eigenvalue weighted by molar-refractivity contribution is 0.498. The van der Waals surface area contributed by atoms with Gasteiger partial charge < -0.3 is 5.32 Å². The van der Waals surface area contributed by atoms with E-state index in [1.54, 1.807) is 0 Å². The predicted molar refractivity (Wildman–Crippen MR) is 97.3 cm³/mol. The van der Waals surface area contributed by atoms with E-state index in [0.717, 1.165) is 0 Å². The molecule has 1 nitrogen and oxygen atoms in total. The number of nitrogens with one attached hydrogen (secondary N) is 1. The minimum Gasteiger partial charge on any atom is -0.312 e. The molecule has 0 aliphatic heterocycles. The maximum atomic E-state index is 3.49. The van der Waals surface area contributed by atoms with Gasteiger partial charge in [0.1, 0.15) is 0 Å². The lowest BCUT2D eigenvalue weighted by Gasteiger charge is -2.14. The number of hydrogen-bond acceptors (Lipinski definition) is 2. The van der Waals surface area contributed by atoms with Crippen LogP contribution in [0.5, 0.6) is 0 Å². The molecule has 0 spiro atoms. The van der Waals surface area contributed by atoms with Gasteiger partial charge in [-0.05, 0) is 32.0 Å². The molecule has 0 bridgehead atoms. The Bertz CT molecular complexity index is 345. The second kappa shape index (κ2) is 12.2. The Morgan fingerprint density at radius 2 is 1.52 bits per heavy atom. The highest BCUT2D eigenvalue weighted by Gasteiger charge is 2.11. The summed E-state index contributed by atoms with van der Waals surface area (Å²) in [4.78, 5) is 3.03. The fourth-order valence-corrected chi connectivity index (χ4v) is 3.96. The number of hydrogen-bond donors (Lipinski definition) is 1. The largest absolute Gasteiger partial charge is 0.312 e. The standard InChI is InChI=1S/C19H35NS/c1-4-6-7-8-9-10-11-12-13-14-18(20-3)19-16-15-17(5-2)21-19/h15-16,18,20H,4-14H2,1-3H3. The predicted octanol–water partition coefficient (Wildman–Crippen LogP) is 6.49. The molecular weight excluding hydrogens is 274 g/mol. The third-order valence-electron chi connectivity index (χ3n) is 4.32. The molecule has 1 heterocycles. The Balaban J connectivity index is 2.07. The number of thiophene rings is 1. The van der Waals surface area contributed by atoms with Gasteiger partial charge in [-0.15, -0.1) is 11.3 Å². The molecule has 1 rings (SSSR count).